The highest BCUT2D eigenvalue weighted by atomic mass is 16.7. The molecule has 2 heterocycles. The van der Waals surface area contributed by atoms with Gasteiger partial charge in [-0.2, -0.15) is 0 Å². The molecule has 10 atom stereocenters. The SMILES string of the molecule is C[C@@H]1OC(O)(C2(C(=O)O)OC(O)C(O)C(O)C2O)[C@H](O)[C@H](O)[C@H]1O. The average Bonchev–Trinajstić information content (AvgIpc) is 2.52. The maximum Gasteiger partial charge on any atom is 0.344 e. The lowest BCUT2D eigenvalue weighted by molar-refractivity contribution is -0.440. The Hall–Kier alpha value is -0.930. The van der Waals surface area contributed by atoms with Crippen LogP contribution in [-0.2, 0) is 14.3 Å². The van der Waals surface area contributed by atoms with Crippen molar-refractivity contribution < 1.29 is 60.2 Å². The maximum absolute atomic E-state index is 11.7. The smallest absolute Gasteiger partial charge is 0.344 e. The lowest BCUT2D eigenvalue weighted by atomic mass is 9.74. The van der Waals surface area contributed by atoms with E-state index in [4.69, 9.17) is 4.74 Å². The molecule has 2 aliphatic heterocycles. The molecule has 2 saturated heterocycles. The molecule has 0 radical (unpaired) electrons. The Balaban J connectivity index is 2.59. The zero-order chi connectivity index (χ0) is 18.6. The van der Waals surface area contributed by atoms with E-state index >= 15 is 0 Å². The molecule has 0 aliphatic carbocycles. The van der Waals surface area contributed by atoms with E-state index < -0.39 is 66.4 Å². The molecule has 12 heteroatoms. The first kappa shape index (κ1) is 19.4. The number of ether oxygens (including phenoxy) is 2. The molecule has 6 unspecified atom stereocenters. The number of carboxylic acid groups (broad SMARTS) is 1. The third-order valence-corrected chi connectivity index (χ3v) is 4.46. The van der Waals surface area contributed by atoms with Crippen molar-refractivity contribution in [1.29, 1.82) is 0 Å². The van der Waals surface area contributed by atoms with Crippen molar-refractivity contribution in [1.82, 2.24) is 0 Å². The van der Waals surface area contributed by atoms with E-state index in [0.717, 1.165) is 6.92 Å². The van der Waals surface area contributed by atoms with Crippen LogP contribution in [0.3, 0.4) is 0 Å². The number of aliphatic hydroxyl groups is 8. The van der Waals surface area contributed by atoms with Gasteiger partial charge in [0.05, 0.1) is 6.10 Å². The van der Waals surface area contributed by atoms with Gasteiger partial charge in [0.25, 0.3) is 5.60 Å². The summed E-state index contributed by atoms with van der Waals surface area (Å²) in [5.74, 6) is -5.56. The number of hydrogen-bond donors (Lipinski definition) is 9. The minimum atomic E-state index is -3.39. The molecule has 140 valence electrons. The summed E-state index contributed by atoms with van der Waals surface area (Å²) in [5, 5.41) is 88.5. The van der Waals surface area contributed by atoms with Crippen LogP contribution in [-0.4, -0.2) is 112 Å². The van der Waals surface area contributed by atoms with Crippen molar-refractivity contribution in [3.8, 4) is 0 Å². The molecule has 0 aromatic rings. The van der Waals surface area contributed by atoms with Gasteiger partial charge in [-0.25, -0.2) is 4.79 Å². The van der Waals surface area contributed by atoms with Crippen LogP contribution in [0.4, 0.5) is 0 Å². The quantitative estimate of drug-likeness (QED) is 0.226. The van der Waals surface area contributed by atoms with Gasteiger partial charge in [0, 0.05) is 0 Å². The molecule has 9 N–H and O–H groups in total. The summed E-state index contributed by atoms with van der Waals surface area (Å²) in [6.45, 7) is 1.12. The second-order valence-electron chi connectivity index (χ2n) is 5.92. The van der Waals surface area contributed by atoms with Gasteiger partial charge in [0.15, 0.2) is 6.29 Å². The molecule has 0 bridgehead atoms. The van der Waals surface area contributed by atoms with E-state index in [0.29, 0.717) is 0 Å². The van der Waals surface area contributed by atoms with Crippen molar-refractivity contribution in [2.45, 2.75) is 67.3 Å². The van der Waals surface area contributed by atoms with Crippen molar-refractivity contribution in [3.05, 3.63) is 0 Å². The van der Waals surface area contributed by atoms with Crippen molar-refractivity contribution in [2.75, 3.05) is 0 Å². The Morgan fingerprint density at radius 3 is 1.83 bits per heavy atom. The Morgan fingerprint density at radius 1 is 0.833 bits per heavy atom. The van der Waals surface area contributed by atoms with E-state index in [-0.39, 0.29) is 0 Å². The first-order valence-corrected chi connectivity index (χ1v) is 6.99. The fourth-order valence-electron chi connectivity index (χ4n) is 2.98. The topological polar surface area (TPSA) is 218 Å². The highest BCUT2D eigenvalue weighted by Crippen LogP contribution is 2.44. The maximum atomic E-state index is 11.7. The van der Waals surface area contributed by atoms with Crippen LogP contribution in [0.5, 0.6) is 0 Å². The summed E-state index contributed by atoms with van der Waals surface area (Å²) in [5.41, 5.74) is -3.39. The van der Waals surface area contributed by atoms with Crippen molar-refractivity contribution >= 4 is 5.97 Å². The normalized spacial score (nSPS) is 56.0. The summed E-state index contributed by atoms with van der Waals surface area (Å²) in [4.78, 5) is 11.7. The second kappa shape index (κ2) is 6.10. The van der Waals surface area contributed by atoms with Crippen molar-refractivity contribution in [3.63, 3.8) is 0 Å². The summed E-state index contributed by atoms with van der Waals surface area (Å²) in [6.07, 6.45) is -17.1. The average molecular weight is 356 g/mol. The number of hydrogen-bond acceptors (Lipinski definition) is 11. The molecule has 2 fully saturated rings. The van der Waals surface area contributed by atoms with E-state index in [9.17, 15) is 50.8 Å². The van der Waals surface area contributed by atoms with Gasteiger partial charge in [-0.05, 0) is 6.92 Å². The predicted molar refractivity (Wildman–Crippen MR) is 69.0 cm³/mol. The first-order valence-electron chi connectivity index (χ1n) is 6.99. The Morgan fingerprint density at radius 2 is 1.33 bits per heavy atom. The van der Waals surface area contributed by atoms with Gasteiger partial charge in [-0.15, -0.1) is 0 Å². The minimum Gasteiger partial charge on any atom is -0.479 e. The van der Waals surface area contributed by atoms with E-state index in [2.05, 4.69) is 4.74 Å². The summed E-state index contributed by atoms with van der Waals surface area (Å²) >= 11 is 0. The van der Waals surface area contributed by atoms with Crippen LogP contribution in [0.15, 0.2) is 0 Å². The van der Waals surface area contributed by atoms with Gasteiger partial charge < -0.3 is 55.4 Å². The predicted octanol–water partition coefficient (Wildman–Crippen LogP) is -5.57. The Bertz CT molecular complexity index is 500. The van der Waals surface area contributed by atoms with E-state index in [1.54, 1.807) is 0 Å². The van der Waals surface area contributed by atoms with Gasteiger partial charge in [0.2, 0.25) is 5.79 Å². The second-order valence-corrected chi connectivity index (χ2v) is 5.92. The molecule has 0 saturated carbocycles. The molecule has 0 aromatic heterocycles. The van der Waals surface area contributed by atoms with Crippen LogP contribution in [0.1, 0.15) is 6.92 Å². The minimum absolute atomic E-state index is 1.12. The van der Waals surface area contributed by atoms with E-state index in [1.165, 1.54) is 0 Å². The lowest BCUT2D eigenvalue weighted by Crippen LogP contribution is -2.82. The molecular weight excluding hydrogens is 336 g/mol. The zero-order valence-corrected chi connectivity index (χ0v) is 12.4. The fourth-order valence-corrected chi connectivity index (χ4v) is 2.98. The Labute approximate surface area is 134 Å². The fraction of sp³-hybridized carbons (Fsp3) is 0.917. The first-order chi connectivity index (χ1) is 10.9. The van der Waals surface area contributed by atoms with Gasteiger partial charge in [0.1, 0.15) is 36.6 Å². The monoisotopic (exact) mass is 356 g/mol. The number of carboxylic acids is 1. The van der Waals surface area contributed by atoms with Crippen LogP contribution in [0, 0.1) is 0 Å². The largest absolute Gasteiger partial charge is 0.479 e. The number of rotatable bonds is 2. The number of carbonyl (C=O) groups is 1. The van der Waals surface area contributed by atoms with Crippen molar-refractivity contribution in [2.24, 2.45) is 0 Å². The molecular formula is C12H20O12. The van der Waals surface area contributed by atoms with Crippen LogP contribution in [0.2, 0.25) is 0 Å². The highest BCUT2D eigenvalue weighted by Gasteiger charge is 2.75. The zero-order valence-electron chi connectivity index (χ0n) is 12.4. The lowest BCUT2D eigenvalue weighted by Gasteiger charge is -2.56. The third-order valence-electron chi connectivity index (χ3n) is 4.46. The van der Waals surface area contributed by atoms with Crippen LogP contribution >= 0.6 is 0 Å². The molecule has 0 aromatic carbocycles. The van der Waals surface area contributed by atoms with Gasteiger partial charge >= 0.3 is 5.97 Å². The van der Waals surface area contributed by atoms with Crippen LogP contribution < -0.4 is 0 Å². The Kier molecular flexibility index (Phi) is 4.93. The van der Waals surface area contributed by atoms with Gasteiger partial charge in [-0.1, -0.05) is 0 Å². The molecule has 2 aliphatic rings. The molecule has 0 spiro atoms. The number of aliphatic hydroxyl groups excluding tert-OH is 7. The summed E-state index contributed by atoms with van der Waals surface area (Å²) < 4.78 is 9.54. The molecule has 24 heavy (non-hydrogen) atoms. The van der Waals surface area contributed by atoms with Gasteiger partial charge in [-0.3, -0.25) is 0 Å². The highest BCUT2D eigenvalue weighted by molar-refractivity contribution is 5.80. The molecule has 12 nitrogen and oxygen atoms in total. The molecule has 0 amide bonds. The standard InChI is InChI=1S/C12H20O12/c1-2-3(13)4(14)8(18)12(22,23-2)11(10(20)21)7(17)5(15)6(16)9(19)24-11/h2-9,13-19,22H,1H3,(H,20,21)/t2-,3-,4+,5?,6?,7?,8+,9?,11?,12?/m0/s1. The number of aliphatic carboxylic acids is 1. The van der Waals surface area contributed by atoms with E-state index in [1.807, 2.05) is 0 Å². The third kappa shape index (κ3) is 2.35. The summed E-state index contributed by atoms with van der Waals surface area (Å²) in [6, 6.07) is 0. The summed E-state index contributed by atoms with van der Waals surface area (Å²) in [7, 11) is 0. The van der Waals surface area contributed by atoms with Crippen LogP contribution in [0.25, 0.3) is 0 Å². The molecule has 2 rings (SSSR count).